The van der Waals surface area contributed by atoms with E-state index in [2.05, 4.69) is 20.4 Å². The lowest BCUT2D eigenvalue weighted by Gasteiger charge is -2.28. The molecule has 0 aliphatic heterocycles. The Morgan fingerprint density at radius 1 is 1.28 bits per heavy atom. The van der Waals surface area contributed by atoms with Crippen LogP contribution in [-0.2, 0) is 0 Å². The van der Waals surface area contributed by atoms with Crippen molar-refractivity contribution in [1.82, 2.24) is 19.5 Å². The molecule has 0 unspecified atom stereocenters. The van der Waals surface area contributed by atoms with Crippen LogP contribution in [0.15, 0.2) is 12.7 Å². The molecule has 0 aromatic carbocycles. The first-order valence-corrected chi connectivity index (χ1v) is 6.13. The smallest absolute Gasteiger partial charge is 0.171 e. The fourth-order valence-electron chi connectivity index (χ4n) is 2.62. The number of aromatic nitrogens is 4. The van der Waals surface area contributed by atoms with E-state index >= 15 is 0 Å². The molecule has 2 atom stereocenters. The molecule has 2 heterocycles. The van der Waals surface area contributed by atoms with Crippen molar-refractivity contribution < 1.29 is 5.11 Å². The van der Waals surface area contributed by atoms with Crippen molar-refractivity contribution in [3.8, 4) is 0 Å². The van der Waals surface area contributed by atoms with E-state index in [0.29, 0.717) is 17.0 Å². The topological polar surface area (TPSA) is 102 Å². The van der Waals surface area contributed by atoms with Gasteiger partial charge in [0.05, 0.1) is 18.5 Å². The molecular formula is C11H16N6O. The second-order valence-electron chi connectivity index (χ2n) is 4.61. The summed E-state index contributed by atoms with van der Waals surface area (Å²) in [7, 11) is 0. The molecule has 2 aromatic heterocycles. The molecule has 0 bridgehead atoms. The van der Waals surface area contributed by atoms with Crippen molar-refractivity contribution in [3.05, 3.63) is 12.7 Å². The minimum atomic E-state index is -0.333. The molecule has 96 valence electrons. The summed E-state index contributed by atoms with van der Waals surface area (Å²) in [6.07, 6.45) is 6.80. The summed E-state index contributed by atoms with van der Waals surface area (Å²) in [5.74, 6) is 5.90. The summed E-state index contributed by atoms with van der Waals surface area (Å²) in [5.41, 5.74) is 3.86. The lowest BCUT2D eigenvalue weighted by Crippen LogP contribution is -2.27. The van der Waals surface area contributed by atoms with Crippen LogP contribution >= 0.6 is 0 Å². The molecule has 1 saturated carbocycles. The number of rotatable bonds is 2. The summed E-state index contributed by atoms with van der Waals surface area (Å²) in [5, 5.41) is 10.1. The molecule has 4 N–H and O–H groups in total. The number of anilines is 1. The Hall–Kier alpha value is -1.73. The van der Waals surface area contributed by atoms with Gasteiger partial charge in [-0.15, -0.1) is 0 Å². The quantitative estimate of drug-likeness (QED) is 0.531. The summed E-state index contributed by atoms with van der Waals surface area (Å²) in [6, 6.07) is 0.0456. The molecule has 7 nitrogen and oxygen atoms in total. The van der Waals surface area contributed by atoms with Crippen molar-refractivity contribution in [2.75, 3.05) is 5.43 Å². The number of hydrazine groups is 1. The van der Waals surface area contributed by atoms with Crippen LogP contribution in [0.2, 0.25) is 0 Å². The maximum Gasteiger partial charge on any atom is 0.171 e. The average Bonchev–Trinajstić information content (AvgIpc) is 2.83. The van der Waals surface area contributed by atoms with Crippen LogP contribution in [0.4, 0.5) is 5.82 Å². The van der Waals surface area contributed by atoms with Crippen LogP contribution in [0.1, 0.15) is 31.7 Å². The van der Waals surface area contributed by atoms with Crippen LogP contribution in [-0.4, -0.2) is 30.7 Å². The van der Waals surface area contributed by atoms with Gasteiger partial charge in [-0.25, -0.2) is 20.8 Å². The van der Waals surface area contributed by atoms with Gasteiger partial charge in [0, 0.05) is 0 Å². The van der Waals surface area contributed by atoms with E-state index in [1.807, 2.05) is 4.57 Å². The maximum absolute atomic E-state index is 10.1. The van der Waals surface area contributed by atoms with E-state index < -0.39 is 0 Å². The third kappa shape index (κ3) is 1.72. The standard InChI is InChI=1S/C11H16N6O/c12-16-10-9-11(14-5-13-10)17(6-15-9)7-3-1-2-4-8(7)18/h5-8,18H,1-4,12H2,(H,13,14,16)/t7-,8-/m0/s1. The highest BCUT2D eigenvalue weighted by atomic mass is 16.3. The molecule has 1 aliphatic carbocycles. The Bertz CT molecular complexity index is 553. The van der Waals surface area contributed by atoms with Crippen LogP contribution in [0.3, 0.4) is 0 Å². The van der Waals surface area contributed by atoms with Gasteiger partial charge in [-0.05, 0) is 12.8 Å². The van der Waals surface area contributed by atoms with Crippen LogP contribution in [0.25, 0.3) is 11.2 Å². The number of nitrogens with one attached hydrogen (secondary N) is 1. The van der Waals surface area contributed by atoms with Crippen molar-refractivity contribution in [2.24, 2.45) is 5.84 Å². The Balaban J connectivity index is 2.07. The van der Waals surface area contributed by atoms with Crippen LogP contribution < -0.4 is 11.3 Å². The van der Waals surface area contributed by atoms with E-state index in [9.17, 15) is 5.11 Å². The van der Waals surface area contributed by atoms with E-state index in [-0.39, 0.29) is 12.1 Å². The number of hydrogen-bond donors (Lipinski definition) is 3. The Morgan fingerprint density at radius 3 is 2.89 bits per heavy atom. The average molecular weight is 248 g/mol. The predicted octanol–water partition coefficient (Wildman–Crippen LogP) is 0.588. The van der Waals surface area contributed by atoms with Gasteiger partial charge in [-0.3, -0.25) is 0 Å². The Kier molecular flexibility index (Phi) is 2.85. The molecule has 1 aliphatic rings. The SMILES string of the molecule is NNc1ncnc2c1ncn2[C@H]1CCCC[C@@H]1O. The molecule has 3 rings (SSSR count). The van der Waals surface area contributed by atoms with Gasteiger partial charge in [-0.2, -0.15) is 0 Å². The maximum atomic E-state index is 10.1. The fraction of sp³-hybridized carbons (Fsp3) is 0.545. The molecule has 1 fully saturated rings. The van der Waals surface area contributed by atoms with Crippen molar-refractivity contribution >= 4 is 17.0 Å². The zero-order chi connectivity index (χ0) is 12.5. The lowest BCUT2D eigenvalue weighted by molar-refractivity contribution is 0.0770. The highest BCUT2D eigenvalue weighted by Gasteiger charge is 2.26. The first kappa shape index (κ1) is 11.4. The van der Waals surface area contributed by atoms with Gasteiger partial charge >= 0.3 is 0 Å². The number of nitrogen functional groups attached to an aromatic ring is 1. The highest BCUT2D eigenvalue weighted by Crippen LogP contribution is 2.31. The second-order valence-corrected chi connectivity index (χ2v) is 4.61. The predicted molar refractivity (Wildman–Crippen MR) is 66.6 cm³/mol. The number of fused-ring (bicyclic) bond motifs is 1. The van der Waals surface area contributed by atoms with E-state index in [4.69, 9.17) is 5.84 Å². The highest BCUT2D eigenvalue weighted by molar-refractivity contribution is 5.82. The van der Waals surface area contributed by atoms with Crippen molar-refractivity contribution in [3.63, 3.8) is 0 Å². The molecule has 7 heteroatoms. The summed E-state index contributed by atoms with van der Waals surface area (Å²) in [4.78, 5) is 12.5. The molecule has 18 heavy (non-hydrogen) atoms. The summed E-state index contributed by atoms with van der Waals surface area (Å²) in [6.45, 7) is 0. The molecule has 0 amide bonds. The Morgan fingerprint density at radius 2 is 2.11 bits per heavy atom. The van der Waals surface area contributed by atoms with Gasteiger partial charge in [0.25, 0.3) is 0 Å². The van der Waals surface area contributed by atoms with Crippen molar-refractivity contribution in [1.29, 1.82) is 0 Å². The van der Waals surface area contributed by atoms with Gasteiger partial charge in [0.15, 0.2) is 17.0 Å². The number of nitrogens with zero attached hydrogens (tertiary/aromatic N) is 4. The lowest BCUT2D eigenvalue weighted by atomic mass is 9.92. The first-order chi connectivity index (χ1) is 8.81. The summed E-state index contributed by atoms with van der Waals surface area (Å²) < 4.78 is 1.93. The van der Waals surface area contributed by atoms with Crippen molar-refractivity contribution in [2.45, 2.75) is 37.8 Å². The Labute approximate surface area is 104 Å². The number of imidazole rings is 1. The zero-order valence-electron chi connectivity index (χ0n) is 9.95. The fourth-order valence-corrected chi connectivity index (χ4v) is 2.62. The molecule has 0 spiro atoms. The third-order valence-electron chi connectivity index (χ3n) is 3.55. The van der Waals surface area contributed by atoms with Crippen LogP contribution in [0, 0.1) is 0 Å². The first-order valence-electron chi connectivity index (χ1n) is 6.13. The van der Waals surface area contributed by atoms with E-state index in [1.54, 1.807) is 6.33 Å². The molecule has 2 aromatic rings. The number of nitrogens with two attached hydrogens (primary N) is 1. The zero-order valence-corrected chi connectivity index (χ0v) is 9.95. The molecule has 0 saturated heterocycles. The normalized spacial score (nSPS) is 24.3. The number of aliphatic hydroxyl groups excluding tert-OH is 1. The van der Waals surface area contributed by atoms with Crippen LogP contribution in [0.5, 0.6) is 0 Å². The molecular weight excluding hydrogens is 232 g/mol. The minimum Gasteiger partial charge on any atom is -0.391 e. The van der Waals surface area contributed by atoms with Gasteiger partial charge in [0.1, 0.15) is 6.33 Å². The number of aliphatic hydroxyl groups is 1. The largest absolute Gasteiger partial charge is 0.391 e. The van der Waals surface area contributed by atoms with E-state index in [0.717, 1.165) is 25.7 Å². The van der Waals surface area contributed by atoms with E-state index in [1.165, 1.54) is 6.33 Å². The van der Waals surface area contributed by atoms with Gasteiger partial charge in [0.2, 0.25) is 0 Å². The van der Waals surface area contributed by atoms with Gasteiger partial charge < -0.3 is 15.1 Å². The monoisotopic (exact) mass is 248 g/mol. The third-order valence-corrected chi connectivity index (χ3v) is 3.55. The van der Waals surface area contributed by atoms with Gasteiger partial charge in [-0.1, -0.05) is 12.8 Å². The minimum absolute atomic E-state index is 0.0456. The second kappa shape index (κ2) is 4.51. The number of hydrogen-bond acceptors (Lipinski definition) is 6. The summed E-state index contributed by atoms with van der Waals surface area (Å²) >= 11 is 0. The molecule has 0 radical (unpaired) electrons.